The molecule has 0 fully saturated rings. The number of rotatable bonds is 6. The first-order chi connectivity index (χ1) is 7.93. The lowest BCUT2D eigenvalue weighted by Gasteiger charge is -2.05. The van der Waals surface area contributed by atoms with Crippen molar-refractivity contribution in [3.63, 3.8) is 0 Å². The van der Waals surface area contributed by atoms with E-state index in [1.165, 1.54) is 4.57 Å². The Morgan fingerprint density at radius 2 is 2.35 bits per heavy atom. The van der Waals surface area contributed by atoms with Gasteiger partial charge in [-0.05, 0) is 17.8 Å². The molecule has 0 saturated heterocycles. The van der Waals surface area contributed by atoms with Crippen LogP contribution in [0.3, 0.4) is 0 Å². The zero-order valence-corrected chi connectivity index (χ0v) is 9.24. The zero-order valence-electron chi connectivity index (χ0n) is 9.24. The van der Waals surface area contributed by atoms with Gasteiger partial charge >= 0.3 is 11.8 Å². The standard InChI is InChI=1S/C9H13N3O5/c1-6-10-5-8(12(16)17)11(6)4-2-3-7(13)9(14)15/h5,7,13H,2-4H2,1H3,(H,14,15). The fourth-order valence-electron chi connectivity index (χ4n) is 1.44. The van der Waals surface area contributed by atoms with Crippen molar-refractivity contribution in [1.29, 1.82) is 0 Å². The molecule has 94 valence electrons. The number of aliphatic hydroxyl groups excluding tert-OH is 1. The van der Waals surface area contributed by atoms with Gasteiger partial charge < -0.3 is 20.3 Å². The Hall–Kier alpha value is -1.96. The van der Waals surface area contributed by atoms with Crippen LogP contribution in [0, 0.1) is 17.0 Å². The first-order valence-electron chi connectivity index (χ1n) is 5.01. The highest BCUT2D eigenvalue weighted by Gasteiger charge is 2.18. The average molecular weight is 243 g/mol. The van der Waals surface area contributed by atoms with Crippen molar-refractivity contribution in [2.75, 3.05) is 0 Å². The molecule has 1 aromatic heterocycles. The first kappa shape index (κ1) is 13.1. The number of carbonyl (C=O) groups is 1. The molecule has 8 heteroatoms. The molecule has 8 nitrogen and oxygen atoms in total. The summed E-state index contributed by atoms with van der Waals surface area (Å²) in [6.45, 7) is 1.88. The summed E-state index contributed by atoms with van der Waals surface area (Å²) in [7, 11) is 0. The van der Waals surface area contributed by atoms with Crippen molar-refractivity contribution >= 4 is 11.8 Å². The number of hydrogen-bond acceptors (Lipinski definition) is 5. The number of aliphatic hydroxyl groups is 1. The molecule has 0 saturated carbocycles. The molecule has 2 N–H and O–H groups in total. The number of carboxylic acid groups (broad SMARTS) is 1. The Kier molecular flexibility index (Phi) is 4.16. The van der Waals surface area contributed by atoms with Gasteiger partial charge in [0, 0.05) is 6.92 Å². The van der Waals surface area contributed by atoms with Gasteiger partial charge in [0.15, 0.2) is 11.9 Å². The van der Waals surface area contributed by atoms with E-state index in [1.807, 2.05) is 0 Å². The zero-order chi connectivity index (χ0) is 13.0. The number of nitro groups is 1. The Balaban J connectivity index is 2.60. The van der Waals surface area contributed by atoms with Crippen LogP contribution in [-0.2, 0) is 11.3 Å². The maximum atomic E-state index is 10.6. The lowest BCUT2D eigenvalue weighted by Crippen LogP contribution is -2.20. The first-order valence-corrected chi connectivity index (χ1v) is 5.01. The van der Waals surface area contributed by atoms with Crippen LogP contribution in [0.15, 0.2) is 6.20 Å². The molecule has 1 aromatic rings. The Bertz CT molecular complexity index is 428. The van der Waals surface area contributed by atoms with Gasteiger partial charge in [0.2, 0.25) is 0 Å². The second-order valence-corrected chi connectivity index (χ2v) is 3.57. The van der Waals surface area contributed by atoms with Crippen molar-refractivity contribution in [2.24, 2.45) is 0 Å². The van der Waals surface area contributed by atoms with E-state index < -0.39 is 17.0 Å². The van der Waals surface area contributed by atoms with Gasteiger partial charge in [0.25, 0.3) is 0 Å². The molecule has 0 spiro atoms. The summed E-state index contributed by atoms with van der Waals surface area (Å²) in [5.41, 5.74) is 0. The quantitative estimate of drug-likeness (QED) is 0.548. The van der Waals surface area contributed by atoms with E-state index in [0.29, 0.717) is 12.2 Å². The minimum atomic E-state index is -1.43. The van der Waals surface area contributed by atoms with Crippen LogP contribution < -0.4 is 0 Å². The summed E-state index contributed by atoms with van der Waals surface area (Å²) >= 11 is 0. The van der Waals surface area contributed by atoms with Gasteiger partial charge in [0.1, 0.15) is 6.20 Å². The highest BCUT2D eigenvalue weighted by Crippen LogP contribution is 2.15. The second-order valence-electron chi connectivity index (χ2n) is 3.57. The number of carboxylic acids is 1. The van der Waals surface area contributed by atoms with Crippen LogP contribution in [0.2, 0.25) is 0 Å². The number of aryl methyl sites for hydroxylation is 1. The van der Waals surface area contributed by atoms with Crippen molar-refractivity contribution in [3.05, 3.63) is 22.1 Å². The third kappa shape index (κ3) is 3.25. The lowest BCUT2D eigenvalue weighted by atomic mass is 10.2. The molecule has 0 aliphatic heterocycles. The molecule has 0 aliphatic carbocycles. The molecule has 0 amide bonds. The molecule has 0 aliphatic rings. The van der Waals surface area contributed by atoms with E-state index in [2.05, 4.69) is 4.98 Å². The van der Waals surface area contributed by atoms with E-state index in [1.54, 1.807) is 6.92 Å². The highest BCUT2D eigenvalue weighted by molar-refractivity contribution is 5.71. The number of imidazole rings is 1. The molecular weight excluding hydrogens is 230 g/mol. The van der Waals surface area contributed by atoms with E-state index in [4.69, 9.17) is 10.2 Å². The maximum Gasteiger partial charge on any atom is 0.342 e. The number of aromatic nitrogens is 2. The van der Waals surface area contributed by atoms with Crippen molar-refractivity contribution < 1.29 is 19.9 Å². The minimum absolute atomic E-state index is 0.0457. The Morgan fingerprint density at radius 1 is 1.71 bits per heavy atom. The average Bonchev–Trinajstić information content (AvgIpc) is 2.60. The Labute approximate surface area is 96.7 Å². The van der Waals surface area contributed by atoms with Crippen LogP contribution in [-0.4, -0.2) is 36.8 Å². The summed E-state index contributed by atoms with van der Waals surface area (Å²) < 4.78 is 1.38. The van der Waals surface area contributed by atoms with Gasteiger partial charge in [-0.1, -0.05) is 0 Å². The van der Waals surface area contributed by atoms with Crippen molar-refractivity contribution in [1.82, 2.24) is 9.55 Å². The fraction of sp³-hybridized carbons (Fsp3) is 0.556. The third-order valence-electron chi connectivity index (χ3n) is 2.37. The number of hydrogen-bond donors (Lipinski definition) is 2. The monoisotopic (exact) mass is 243 g/mol. The van der Waals surface area contributed by atoms with Gasteiger partial charge in [-0.15, -0.1) is 0 Å². The molecule has 1 unspecified atom stereocenters. The fourth-order valence-corrected chi connectivity index (χ4v) is 1.44. The summed E-state index contributed by atoms with van der Waals surface area (Å²) in [4.78, 5) is 24.3. The molecule has 1 rings (SSSR count). The molecule has 0 radical (unpaired) electrons. The van der Waals surface area contributed by atoms with E-state index in [-0.39, 0.29) is 18.8 Å². The summed E-state index contributed by atoms with van der Waals surface area (Å²) in [5, 5.41) is 28.1. The third-order valence-corrected chi connectivity index (χ3v) is 2.37. The maximum absolute atomic E-state index is 10.6. The van der Waals surface area contributed by atoms with Crippen LogP contribution in [0.4, 0.5) is 5.82 Å². The smallest absolute Gasteiger partial charge is 0.342 e. The van der Waals surface area contributed by atoms with Crippen LogP contribution in [0.1, 0.15) is 18.7 Å². The van der Waals surface area contributed by atoms with Crippen LogP contribution in [0.5, 0.6) is 0 Å². The molecule has 0 aromatic carbocycles. The molecular formula is C9H13N3O5. The van der Waals surface area contributed by atoms with Crippen LogP contribution >= 0.6 is 0 Å². The SMILES string of the molecule is Cc1ncc([N+](=O)[O-])n1CCCC(O)C(=O)O. The molecule has 17 heavy (non-hydrogen) atoms. The predicted molar refractivity (Wildman–Crippen MR) is 56.5 cm³/mol. The van der Waals surface area contributed by atoms with E-state index in [9.17, 15) is 14.9 Å². The normalized spacial score (nSPS) is 12.4. The molecule has 0 bridgehead atoms. The lowest BCUT2D eigenvalue weighted by molar-refractivity contribution is -0.392. The van der Waals surface area contributed by atoms with E-state index >= 15 is 0 Å². The predicted octanol–water partition coefficient (Wildman–Crippen LogP) is 0.325. The van der Waals surface area contributed by atoms with Crippen molar-refractivity contribution in [2.45, 2.75) is 32.4 Å². The summed E-state index contributed by atoms with van der Waals surface area (Å²) in [6, 6.07) is 0. The minimum Gasteiger partial charge on any atom is -0.479 e. The molecule has 1 atom stereocenters. The number of aliphatic carboxylic acids is 1. The van der Waals surface area contributed by atoms with Crippen LogP contribution in [0.25, 0.3) is 0 Å². The van der Waals surface area contributed by atoms with Gasteiger partial charge in [-0.2, -0.15) is 0 Å². The largest absolute Gasteiger partial charge is 0.479 e. The Morgan fingerprint density at radius 3 is 2.88 bits per heavy atom. The topological polar surface area (TPSA) is 118 Å². The number of nitrogens with zero attached hydrogens (tertiary/aromatic N) is 3. The van der Waals surface area contributed by atoms with Crippen molar-refractivity contribution in [3.8, 4) is 0 Å². The highest BCUT2D eigenvalue weighted by atomic mass is 16.6. The van der Waals surface area contributed by atoms with E-state index in [0.717, 1.165) is 6.20 Å². The van der Waals surface area contributed by atoms with Gasteiger partial charge in [0.05, 0.1) is 6.54 Å². The van der Waals surface area contributed by atoms with Gasteiger partial charge in [-0.25, -0.2) is 14.3 Å². The van der Waals surface area contributed by atoms with Gasteiger partial charge in [-0.3, -0.25) is 0 Å². The summed E-state index contributed by atoms with van der Waals surface area (Å²) in [6.07, 6.45) is 0.0938. The molecule has 1 heterocycles. The summed E-state index contributed by atoms with van der Waals surface area (Å²) in [5.74, 6) is -0.935. The second kappa shape index (κ2) is 5.39.